The zero-order chi connectivity index (χ0) is 36.2. The van der Waals surface area contributed by atoms with Crippen LogP contribution in [0.4, 0.5) is 11.4 Å². The Labute approximate surface area is 306 Å². The highest BCUT2D eigenvalue weighted by atomic mass is 35.5. The van der Waals surface area contributed by atoms with Gasteiger partial charge in [0.05, 0.1) is 38.3 Å². The number of halogens is 1. The average Bonchev–Trinajstić information content (AvgIpc) is 3.99. The molecule has 1 saturated heterocycles. The Morgan fingerprint density at radius 2 is 1.09 bits per heavy atom. The van der Waals surface area contributed by atoms with Crippen molar-refractivity contribution in [1.82, 2.24) is 0 Å². The molecule has 5 aliphatic rings. The van der Waals surface area contributed by atoms with Gasteiger partial charge in [0.25, 0.3) is 5.69 Å². The number of anilines is 1. The number of nitro groups is 1. The number of ether oxygens (including phenoxy) is 4. The number of nitrogens with zero attached hydrogens (tertiary/aromatic N) is 2. The first-order chi connectivity index (χ1) is 25.8. The standard InChI is InChI=1S/C41H25ClN2O9/c42-27-14-13-26(44(48)49)19-28(27)43-37(45)35-36(38(43)46)41(25-9-5-2-6-10-25)34(23-12-16-30-32(18-23)53-21-51-30)33(22-11-15-29-31(17-22)52-20-50-29)40(35,39(41)47)24-7-3-1-4-8-24/h1-19,35-36H,20-21H2/t35-,36-,40+,41+/m1/s1. The summed E-state index contributed by atoms with van der Waals surface area (Å²) in [4.78, 5) is 59.0. The highest BCUT2D eigenvalue weighted by Crippen LogP contribution is 2.75. The molecule has 0 N–H and O–H groups in total. The summed E-state index contributed by atoms with van der Waals surface area (Å²) in [6.07, 6.45) is 0. The topological polar surface area (TPSA) is 135 Å². The number of fused-ring (bicyclic) bond motifs is 7. The third-order valence-electron chi connectivity index (χ3n) is 11.2. The third kappa shape index (κ3) is 3.91. The van der Waals surface area contributed by atoms with Crippen molar-refractivity contribution in [2.75, 3.05) is 18.5 Å². The predicted molar refractivity (Wildman–Crippen MR) is 191 cm³/mol. The first-order valence-electron chi connectivity index (χ1n) is 16.8. The van der Waals surface area contributed by atoms with Gasteiger partial charge in [0.2, 0.25) is 25.4 Å². The largest absolute Gasteiger partial charge is 0.454 e. The highest BCUT2D eigenvalue weighted by molar-refractivity contribution is 6.41. The molecular weight excluding hydrogens is 700 g/mol. The molecule has 5 aromatic carbocycles. The molecule has 3 aliphatic heterocycles. The molecule has 0 aromatic heterocycles. The second kappa shape index (κ2) is 11.0. The van der Waals surface area contributed by atoms with Gasteiger partial charge in [0.1, 0.15) is 0 Å². The van der Waals surface area contributed by atoms with E-state index in [-0.39, 0.29) is 35.8 Å². The van der Waals surface area contributed by atoms with Crippen molar-refractivity contribution in [2.24, 2.45) is 11.8 Å². The molecule has 0 radical (unpaired) electrons. The van der Waals surface area contributed by atoms with Crippen molar-refractivity contribution < 1.29 is 38.3 Å². The Kier molecular flexibility index (Phi) is 6.51. The van der Waals surface area contributed by atoms with Gasteiger partial charge in [-0.05, 0) is 63.7 Å². The lowest BCUT2D eigenvalue weighted by Crippen LogP contribution is -2.45. The van der Waals surface area contributed by atoms with E-state index in [0.29, 0.717) is 56.4 Å². The van der Waals surface area contributed by atoms with Crippen molar-refractivity contribution in [3.05, 3.63) is 153 Å². The minimum Gasteiger partial charge on any atom is -0.454 e. The molecular formula is C41H25ClN2O9. The number of allylic oxidation sites excluding steroid dienone is 2. The summed E-state index contributed by atoms with van der Waals surface area (Å²) in [7, 11) is 0. The molecule has 2 bridgehead atoms. The summed E-state index contributed by atoms with van der Waals surface area (Å²) in [5.74, 6) is -2.32. The van der Waals surface area contributed by atoms with Crippen molar-refractivity contribution in [3.8, 4) is 23.0 Å². The quantitative estimate of drug-likeness (QED) is 0.104. The van der Waals surface area contributed by atoms with E-state index in [1.165, 1.54) is 12.1 Å². The Hall–Kier alpha value is -6.46. The van der Waals surface area contributed by atoms with Crippen LogP contribution in [0.2, 0.25) is 5.02 Å². The monoisotopic (exact) mass is 724 g/mol. The smallest absolute Gasteiger partial charge is 0.271 e. The first kappa shape index (κ1) is 31.3. The van der Waals surface area contributed by atoms with Gasteiger partial charge in [0, 0.05) is 12.1 Å². The summed E-state index contributed by atoms with van der Waals surface area (Å²) < 4.78 is 23.0. The van der Waals surface area contributed by atoms with Crippen LogP contribution in [0.3, 0.4) is 0 Å². The average molecular weight is 725 g/mol. The molecule has 3 heterocycles. The Balaban J connectivity index is 1.36. The maximum Gasteiger partial charge on any atom is 0.271 e. The van der Waals surface area contributed by atoms with E-state index >= 15 is 14.4 Å². The van der Waals surface area contributed by atoms with Crippen molar-refractivity contribution in [1.29, 1.82) is 0 Å². The molecule has 10 rings (SSSR count). The minimum absolute atomic E-state index is 0.0141. The van der Waals surface area contributed by atoms with Crippen LogP contribution in [0.15, 0.2) is 115 Å². The Morgan fingerprint density at radius 3 is 1.57 bits per heavy atom. The van der Waals surface area contributed by atoms with Gasteiger partial charge in [-0.1, -0.05) is 84.4 Å². The number of hydrogen-bond donors (Lipinski definition) is 0. The van der Waals surface area contributed by atoms with Gasteiger partial charge in [-0.3, -0.25) is 24.5 Å². The second-order valence-electron chi connectivity index (χ2n) is 13.4. The van der Waals surface area contributed by atoms with Gasteiger partial charge in [-0.25, -0.2) is 4.90 Å². The fraction of sp³-hybridized carbons (Fsp3) is 0.146. The predicted octanol–water partition coefficient (Wildman–Crippen LogP) is 6.89. The SMILES string of the molecule is O=C1[C@H]2[C@H](C(=O)N1c1cc([N+](=O)[O-])ccc1Cl)[C@@]1(c3ccccc3)C(=O)[C@@]2(c2ccccc2)C(c2ccc3c(c2)OCO3)=C1c1ccc2c(c1)OCO2. The summed E-state index contributed by atoms with van der Waals surface area (Å²) in [5.41, 5.74) is -0.734. The molecule has 5 aromatic rings. The van der Waals surface area contributed by atoms with Crippen LogP contribution in [-0.2, 0) is 25.2 Å². The third-order valence-corrected chi connectivity index (χ3v) is 11.5. The molecule has 2 amide bonds. The Morgan fingerprint density at radius 1 is 0.623 bits per heavy atom. The number of carbonyl (C=O) groups excluding carboxylic acids is 3. The summed E-state index contributed by atoms with van der Waals surface area (Å²) in [5, 5.41) is 11.9. The molecule has 0 unspecified atom stereocenters. The lowest BCUT2D eigenvalue weighted by molar-refractivity contribution is -0.384. The second-order valence-corrected chi connectivity index (χ2v) is 13.8. The van der Waals surface area contributed by atoms with Crippen LogP contribution < -0.4 is 23.8 Å². The van der Waals surface area contributed by atoms with Gasteiger partial charge < -0.3 is 18.9 Å². The molecule has 12 heteroatoms. The van der Waals surface area contributed by atoms with Gasteiger partial charge in [-0.2, -0.15) is 0 Å². The van der Waals surface area contributed by atoms with Gasteiger partial charge in [0.15, 0.2) is 28.8 Å². The van der Waals surface area contributed by atoms with E-state index in [9.17, 15) is 10.1 Å². The zero-order valence-electron chi connectivity index (χ0n) is 27.5. The number of benzene rings is 5. The van der Waals surface area contributed by atoms with Crippen molar-refractivity contribution >= 4 is 51.7 Å². The van der Waals surface area contributed by atoms with Crippen molar-refractivity contribution in [2.45, 2.75) is 10.8 Å². The van der Waals surface area contributed by atoms with Crippen LogP contribution in [-0.4, -0.2) is 36.1 Å². The van der Waals surface area contributed by atoms with E-state index in [1.807, 2.05) is 24.3 Å². The molecule has 1 saturated carbocycles. The van der Waals surface area contributed by atoms with Crippen LogP contribution in [0.5, 0.6) is 23.0 Å². The number of hydrogen-bond acceptors (Lipinski definition) is 9. The summed E-state index contributed by atoms with van der Waals surface area (Å²) in [6, 6.07) is 32.4. The molecule has 4 atom stereocenters. The lowest BCUT2D eigenvalue weighted by atomic mass is 9.59. The van der Waals surface area contributed by atoms with E-state index in [1.54, 1.807) is 72.8 Å². The number of rotatable bonds is 6. The molecule has 0 spiro atoms. The molecule has 2 aliphatic carbocycles. The Bertz CT molecular complexity index is 2370. The minimum atomic E-state index is -1.74. The molecule has 11 nitrogen and oxygen atoms in total. The van der Waals surface area contributed by atoms with Gasteiger partial charge in [-0.15, -0.1) is 0 Å². The number of imide groups is 1. The molecule has 53 heavy (non-hydrogen) atoms. The van der Waals surface area contributed by atoms with Crippen LogP contribution in [0.25, 0.3) is 11.1 Å². The summed E-state index contributed by atoms with van der Waals surface area (Å²) in [6.45, 7) is 0.0281. The van der Waals surface area contributed by atoms with E-state index in [0.717, 1.165) is 11.0 Å². The zero-order valence-corrected chi connectivity index (χ0v) is 28.2. The van der Waals surface area contributed by atoms with E-state index in [2.05, 4.69) is 0 Å². The fourth-order valence-corrected chi connectivity index (χ4v) is 9.45. The first-order valence-corrected chi connectivity index (χ1v) is 17.2. The number of nitro benzene ring substituents is 1. The van der Waals surface area contributed by atoms with Crippen molar-refractivity contribution in [3.63, 3.8) is 0 Å². The van der Waals surface area contributed by atoms with E-state index in [4.69, 9.17) is 30.5 Å². The molecule has 260 valence electrons. The normalized spacial score (nSPS) is 24.7. The highest BCUT2D eigenvalue weighted by Gasteiger charge is 2.83. The maximum absolute atomic E-state index is 16.2. The number of amides is 2. The molecule has 2 fully saturated rings. The summed E-state index contributed by atoms with van der Waals surface area (Å²) >= 11 is 6.65. The number of ketones is 1. The number of non-ortho nitro benzene ring substituents is 1. The number of Topliss-reactive ketones (excluding diaryl/α,β-unsaturated/α-hetero) is 1. The number of carbonyl (C=O) groups is 3. The van der Waals surface area contributed by atoms with Crippen LogP contribution in [0, 0.1) is 22.0 Å². The van der Waals surface area contributed by atoms with E-state index < -0.39 is 39.4 Å². The lowest BCUT2D eigenvalue weighted by Gasteiger charge is -2.39. The maximum atomic E-state index is 16.2. The fourth-order valence-electron chi connectivity index (χ4n) is 9.25. The van der Waals surface area contributed by atoms with Gasteiger partial charge >= 0.3 is 0 Å². The van der Waals surface area contributed by atoms with Crippen LogP contribution >= 0.6 is 11.6 Å². The van der Waals surface area contributed by atoms with Crippen LogP contribution in [0.1, 0.15) is 22.3 Å².